The van der Waals surface area contributed by atoms with Crippen LogP contribution in [0, 0.1) is 12.7 Å². The third kappa shape index (κ3) is 5.97. The first-order valence-electron chi connectivity index (χ1n) is 12.7. The summed E-state index contributed by atoms with van der Waals surface area (Å²) in [6, 6.07) is 5.72. The highest BCUT2D eigenvalue weighted by molar-refractivity contribution is 5.83. The second-order valence-corrected chi connectivity index (χ2v) is 10.1. The van der Waals surface area contributed by atoms with E-state index in [1.807, 2.05) is 19.9 Å². The fourth-order valence-electron chi connectivity index (χ4n) is 4.85. The minimum absolute atomic E-state index is 0.216. The van der Waals surface area contributed by atoms with Crippen LogP contribution in [-0.2, 0) is 17.4 Å². The summed E-state index contributed by atoms with van der Waals surface area (Å²) in [5, 5.41) is 3.47. The van der Waals surface area contributed by atoms with Gasteiger partial charge in [-0.3, -0.25) is 9.78 Å². The van der Waals surface area contributed by atoms with E-state index < -0.39 is 29.0 Å². The van der Waals surface area contributed by atoms with Crippen LogP contribution in [0.2, 0.25) is 0 Å². The average molecular weight is 546 g/mol. The van der Waals surface area contributed by atoms with Crippen LogP contribution in [0.25, 0.3) is 11.3 Å². The van der Waals surface area contributed by atoms with Crippen LogP contribution in [0.5, 0.6) is 5.88 Å². The van der Waals surface area contributed by atoms with E-state index in [4.69, 9.17) is 9.72 Å². The number of aromatic nitrogens is 3. The van der Waals surface area contributed by atoms with E-state index >= 15 is 0 Å². The zero-order chi connectivity index (χ0) is 28.5. The Labute approximate surface area is 224 Å². The number of ether oxygens (including phenoxy) is 1. The summed E-state index contributed by atoms with van der Waals surface area (Å²) in [5.41, 5.74) is 1.55. The number of hydrogen-bond acceptors (Lipinski definition) is 6. The van der Waals surface area contributed by atoms with Gasteiger partial charge in [0.25, 0.3) is 0 Å². The molecule has 1 aliphatic rings. The first-order valence-corrected chi connectivity index (χ1v) is 12.7. The molecule has 208 valence electrons. The molecule has 3 aromatic heterocycles. The molecule has 0 spiro atoms. The van der Waals surface area contributed by atoms with Crippen molar-refractivity contribution in [3.63, 3.8) is 0 Å². The van der Waals surface area contributed by atoms with Crippen LogP contribution in [-0.4, -0.2) is 51.5 Å². The van der Waals surface area contributed by atoms with Gasteiger partial charge in [-0.15, -0.1) is 0 Å². The molecule has 3 aromatic rings. The largest absolute Gasteiger partial charge is 0.481 e. The molecule has 4 heterocycles. The predicted octanol–water partition coefficient (Wildman–Crippen LogP) is 5.78. The van der Waals surface area contributed by atoms with Crippen molar-refractivity contribution >= 4 is 11.7 Å². The molecule has 0 bridgehead atoms. The second-order valence-electron chi connectivity index (χ2n) is 10.1. The van der Waals surface area contributed by atoms with E-state index in [0.29, 0.717) is 48.7 Å². The molecule has 7 nitrogen and oxygen atoms in total. The number of amides is 1. The Kier molecular flexibility index (Phi) is 7.81. The summed E-state index contributed by atoms with van der Waals surface area (Å²) in [6.07, 6.45) is -1.24. The number of likely N-dealkylation sites (N-methyl/N-ethyl adjacent to an activating group) is 1. The molecule has 39 heavy (non-hydrogen) atoms. The Bertz CT molecular complexity index is 1360. The molecule has 0 unspecified atom stereocenters. The van der Waals surface area contributed by atoms with Crippen molar-refractivity contribution in [2.45, 2.75) is 58.2 Å². The summed E-state index contributed by atoms with van der Waals surface area (Å²) < 4.78 is 58.4. The maximum absolute atomic E-state index is 14.5. The summed E-state index contributed by atoms with van der Waals surface area (Å²) in [4.78, 5) is 27.7. The maximum atomic E-state index is 14.5. The minimum atomic E-state index is -4.45. The van der Waals surface area contributed by atoms with Crippen LogP contribution in [0.1, 0.15) is 55.5 Å². The van der Waals surface area contributed by atoms with E-state index in [9.17, 15) is 22.4 Å². The van der Waals surface area contributed by atoms with Gasteiger partial charge >= 0.3 is 6.18 Å². The van der Waals surface area contributed by atoms with Crippen LogP contribution in [0.4, 0.5) is 23.4 Å². The van der Waals surface area contributed by atoms with Crippen molar-refractivity contribution in [1.29, 1.82) is 0 Å². The van der Waals surface area contributed by atoms with Crippen molar-refractivity contribution in [3.05, 3.63) is 64.9 Å². The van der Waals surface area contributed by atoms with Crippen LogP contribution >= 0.6 is 0 Å². The van der Waals surface area contributed by atoms with Crippen LogP contribution in [0.15, 0.2) is 36.7 Å². The van der Waals surface area contributed by atoms with Gasteiger partial charge in [-0.25, -0.2) is 14.4 Å². The number of aryl methyl sites for hydroxylation is 2. The number of nitrogens with one attached hydrogen (secondary N) is 1. The number of pyridine rings is 3. The van der Waals surface area contributed by atoms with Crippen LogP contribution < -0.4 is 10.1 Å². The molecule has 0 saturated carbocycles. The van der Waals surface area contributed by atoms with Gasteiger partial charge in [0.1, 0.15) is 11.6 Å². The van der Waals surface area contributed by atoms with Gasteiger partial charge in [0.2, 0.25) is 11.8 Å². The first kappa shape index (κ1) is 28.3. The Morgan fingerprint density at radius 1 is 1.23 bits per heavy atom. The Morgan fingerprint density at radius 2 is 1.97 bits per heavy atom. The number of carbonyl (C=O) groups is 1. The third-order valence-electron chi connectivity index (χ3n) is 7.16. The molecular formula is C28H31F4N5O2. The van der Waals surface area contributed by atoms with Gasteiger partial charge in [0.15, 0.2) is 0 Å². The number of nitrogens with zero attached hydrogens (tertiary/aromatic N) is 4. The fourth-order valence-corrected chi connectivity index (χ4v) is 4.85. The highest BCUT2D eigenvalue weighted by Crippen LogP contribution is 2.35. The van der Waals surface area contributed by atoms with Gasteiger partial charge < -0.3 is 15.0 Å². The van der Waals surface area contributed by atoms with Crippen molar-refractivity contribution in [1.82, 2.24) is 19.9 Å². The molecule has 0 aliphatic carbocycles. The Morgan fingerprint density at radius 3 is 2.59 bits per heavy atom. The number of halogens is 4. The average Bonchev–Trinajstić information content (AvgIpc) is 2.90. The molecule has 4 rings (SSSR count). The summed E-state index contributed by atoms with van der Waals surface area (Å²) >= 11 is 0. The number of anilines is 1. The number of alkyl halides is 3. The van der Waals surface area contributed by atoms with Crippen LogP contribution in [0.3, 0.4) is 0 Å². The van der Waals surface area contributed by atoms with Gasteiger partial charge in [-0.2, -0.15) is 13.2 Å². The predicted molar refractivity (Wildman–Crippen MR) is 139 cm³/mol. The number of fused-ring (bicyclic) bond motifs is 1. The van der Waals surface area contributed by atoms with Gasteiger partial charge in [-0.1, -0.05) is 0 Å². The SMILES string of the molecule is CCN(C[C@@]1(C)CCc2cc(-c3ccc(C(F)(F)F)cn3)c(C)nc2N1)C(=O)[C@H](C)c1cc(OC)ncc1F. The topological polar surface area (TPSA) is 80.2 Å². The molecule has 2 atom stereocenters. The molecule has 1 N–H and O–H groups in total. The standard InChI is InChI=1S/C28H31F4N5O2/c1-6-37(26(38)16(2)20-12-24(39-5)34-14-22(20)29)15-27(4)10-9-18-11-21(17(3)35-25(18)36-27)23-8-7-19(13-33-23)28(30,31)32/h7-8,11-14,16H,6,9-10,15H2,1-5H3,(H,35,36)/t16-,27-/m1/s1. The molecular weight excluding hydrogens is 514 g/mol. The summed E-state index contributed by atoms with van der Waals surface area (Å²) in [6.45, 7) is 8.14. The number of methoxy groups -OCH3 is 1. The highest BCUT2D eigenvalue weighted by Gasteiger charge is 2.35. The lowest BCUT2D eigenvalue weighted by Crippen LogP contribution is -2.51. The lowest BCUT2D eigenvalue weighted by atomic mass is 9.87. The number of carbonyl (C=O) groups excluding carboxylic acids is 1. The molecule has 0 saturated heterocycles. The number of rotatable bonds is 7. The lowest BCUT2D eigenvalue weighted by molar-refractivity contribution is -0.137. The van der Waals surface area contributed by atoms with E-state index in [-0.39, 0.29) is 17.4 Å². The van der Waals surface area contributed by atoms with Crippen molar-refractivity contribution < 1.29 is 27.1 Å². The Balaban J connectivity index is 1.52. The molecule has 1 aliphatic heterocycles. The third-order valence-corrected chi connectivity index (χ3v) is 7.16. The Hall–Kier alpha value is -3.76. The van der Waals surface area contributed by atoms with E-state index in [2.05, 4.69) is 15.3 Å². The molecule has 0 radical (unpaired) electrons. The van der Waals surface area contributed by atoms with Crippen molar-refractivity contribution in [2.24, 2.45) is 0 Å². The van der Waals surface area contributed by atoms with Crippen molar-refractivity contribution in [2.75, 3.05) is 25.5 Å². The fraction of sp³-hybridized carbons (Fsp3) is 0.429. The van der Waals surface area contributed by atoms with E-state index in [1.54, 1.807) is 18.7 Å². The maximum Gasteiger partial charge on any atom is 0.417 e. The second kappa shape index (κ2) is 10.8. The normalized spacial score (nSPS) is 17.7. The zero-order valence-electron chi connectivity index (χ0n) is 22.5. The van der Waals surface area contributed by atoms with Gasteiger partial charge in [0.05, 0.1) is 36.0 Å². The minimum Gasteiger partial charge on any atom is -0.481 e. The number of hydrogen-bond donors (Lipinski definition) is 1. The molecule has 1 amide bonds. The van der Waals surface area contributed by atoms with Gasteiger partial charge in [0, 0.05) is 42.2 Å². The van der Waals surface area contributed by atoms with Gasteiger partial charge in [-0.05, 0) is 64.3 Å². The lowest BCUT2D eigenvalue weighted by Gasteiger charge is -2.40. The smallest absolute Gasteiger partial charge is 0.417 e. The molecule has 11 heteroatoms. The van der Waals surface area contributed by atoms with E-state index in [0.717, 1.165) is 24.0 Å². The quantitative estimate of drug-likeness (QED) is 0.379. The molecule has 0 fully saturated rings. The monoisotopic (exact) mass is 545 g/mol. The first-order chi connectivity index (χ1) is 18.3. The van der Waals surface area contributed by atoms with Crippen molar-refractivity contribution in [3.8, 4) is 17.1 Å². The van der Waals surface area contributed by atoms with E-state index in [1.165, 1.54) is 19.2 Å². The summed E-state index contributed by atoms with van der Waals surface area (Å²) in [5.74, 6) is -0.620. The highest BCUT2D eigenvalue weighted by atomic mass is 19.4. The summed E-state index contributed by atoms with van der Waals surface area (Å²) in [7, 11) is 1.43. The molecule has 0 aromatic carbocycles. The zero-order valence-corrected chi connectivity index (χ0v) is 22.5.